The van der Waals surface area contributed by atoms with Gasteiger partial charge in [-0.3, -0.25) is 0 Å². The van der Waals surface area contributed by atoms with Crippen LogP contribution >= 0.6 is 0 Å². The average Bonchev–Trinajstić information content (AvgIpc) is 1.83. The molecule has 2 heteroatoms. The Morgan fingerprint density at radius 3 is 2.56 bits per heavy atom. The fraction of sp³-hybridized carbons (Fsp3) is 0.857. The quantitative estimate of drug-likeness (QED) is 0.577. The van der Waals surface area contributed by atoms with Gasteiger partial charge in [0, 0.05) is 12.8 Å². The first-order valence-electron chi connectivity index (χ1n) is 3.23. The van der Waals surface area contributed by atoms with E-state index >= 15 is 0 Å². The molecule has 0 aromatic carbocycles. The van der Waals surface area contributed by atoms with Crippen molar-refractivity contribution in [2.24, 2.45) is 0 Å². The van der Waals surface area contributed by atoms with E-state index in [1.165, 1.54) is 0 Å². The lowest BCUT2D eigenvalue weighted by atomic mass is 10.2. The summed E-state index contributed by atoms with van der Waals surface area (Å²) in [6.07, 6.45) is 2.12. The molecule has 0 heterocycles. The fourth-order valence-electron chi connectivity index (χ4n) is 0.538. The first kappa shape index (κ1) is 8.63. The van der Waals surface area contributed by atoms with E-state index in [4.69, 9.17) is 10.1 Å². The number of methoxy groups -OCH3 is 1. The Morgan fingerprint density at radius 2 is 2.22 bits per heavy atom. The zero-order valence-corrected chi connectivity index (χ0v) is 6.40. The highest BCUT2D eigenvalue weighted by Crippen LogP contribution is 1.99. The molecule has 2 nitrogen and oxygen atoms in total. The first-order chi connectivity index (χ1) is 4.16. The Kier molecular flexibility index (Phi) is 4.32. The highest BCUT2D eigenvalue weighted by molar-refractivity contribution is 5.78. The molecular weight excluding hydrogens is 114 g/mol. The van der Waals surface area contributed by atoms with Crippen molar-refractivity contribution in [3.63, 3.8) is 0 Å². The summed E-state index contributed by atoms with van der Waals surface area (Å²) in [5, 5.41) is 7.11. The minimum Gasteiger partial charge on any atom is -0.382 e. The molecular formula is C7H15NO. The van der Waals surface area contributed by atoms with Crippen LogP contribution in [0.1, 0.15) is 26.7 Å². The van der Waals surface area contributed by atoms with E-state index in [0.29, 0.717) is 6.10 Å². The van der Waals surface area contributed by atoms with Gasteiger partial charge in [0.2, 0.25) is 0 Å². The monoisotopic (exact) mass is 129 g/mol. The number of rotatable bonds is 4. The summed E-state index contributed by atoms with van der Waals surface area (Å²) in [6.45, 7) is 3.84. The van der Waals surface area contributed by atoms with E-state index < -0.39 is 0 Å². The van der Waals surface area contributed by atoms with Crippen LogP contribution in [0.4, 0.5) is 0 Å². The minimum absolute atomic E-state index is 0.297. The Hall–Kier alpha value is -0.370. The second kappa shape index (κ2) is 4.50. The lowest BCUT2D eigenvalue weighted by molar-refractivity contribution is 0.113. The average molecular weight is 129 g/mol. The molecule has 0 saturated heterocycles. The van der Waals surface area contributed by atoms with Gasteiger partial charge in [0.05, 0.1) is 6.10 Å². The van der Waals surface area contributed by atoms with Crippen LogP contribution in [0.25, 0.3) is 0 Å². The van der Waals surface area contributed by atoms with Gasteiger partial charge in [-0.25, -0.2) is 0 Å². The largest absolute Gasteiger partial charge is 0.382 e. The smallest absolute Gasteiger partial charge is 0.0546 e. The first-order valence-corrected chi connectivity index (χ1v) is 3.23. The van der Waals surface area contributed by atoms with E-state index in [2.05, 4.69) is 0 Å². The Bertz CT molecular complexity index is 90.9. The maximum Gasteiger partial charge on any atom is 0.0546 e. The standard InChI is InChI=1S/C7H15NO/c1-6(8)4-5-7(2)9-3/h7-8H,4-5H2,1-3H3/t7-/m0/s1. The highest BCUT2D eigenvalue weighted by atomic mass is 16.5. The van der Waals surface area contributed by atoms with Crippen LogP contribution in [-0.4, -0.2) is 18.9 Å². The molecule has 54 valence electrons. The van der Waals surface area contributed by atoms with Gasteiger partial charge in [-0.1, -0.05) is 0 Å². The van der Waals surface area contributed by atoms with Crippen LogP contribution in [0, 0.1) is 5.41 Å². The molecule has 1 N–H and O–H groups in total. The second-order valence-corrected chi connectivity index (χ2v) is 2.37. The fourth-order valence-corrected chi connectivity index (χ4v) is 0.538. The van der Waals surface area contributed by atoms with Gasteiger partial charge < -0.3 is 10.1 Å². The van der Waals surface area contributed by atoms with Crippen molar-refractivity contribution in [3.05, 3.63) is 0 Å². The van der Waals surface area contributed by atoms with E-state index in [0.717, 1.165) is 18.6 Å². The molecule has 0 rings (SSSR count). The number of hydrogen-bond acceptors (Lipinski definition) is 2. The molecule has 9 heavy (non-hydrogen) atoms. The van der Waals surface area contributed by atoms with Crippen LogP contribution in [-0.2, 0) is 4.74 Å². The number of hydrogen-bond donors (Lipinski definition) is 1. The molecule has 0 bridgehead atoms. The summed E-state index contributed by atoms with van der Waals surface area (Å²) in [5.74, 6) is 0. The molecule has 0 aliphatic rings. The zero-order chi connectivity index (χ0) is 7.28. The molecule has 0 aromatic rings. The molecule has 0 spiro atoms. The van der Waals surface area contributed by atoms with Crippen molar-refractivity contribution in [1.29, 1.82) is 5.41 Å². The lowest BCUT2D eigenvalue weighted by Crippen LogP contribution is -2.05. The van der Waals surface area contributed by atoms with Crippen molar-refractivity contribution >= 4 is 5.71 Å². The topological polar surface area (TPSA) is 33.1 Å². The SMILES string of the molecule is CO[C@@H](C)CCC(C)=N. The molecule has 0 saturated carbocycles. The predicted molar refractivity (Wildman–Crippen MR) is 39.1 cm³/mol. The number of nitrogens with one attached hydrogen (secondary N) is 1. The zero-order valence-electron chi connectivity index (χ0n) is 6.40. The van der Waals surface area contributed by atoms with Crippen molar-refractivity contribution in [3.8, 4) is 0 Å². The van der Waals surface area contributed by atoms with Gasteiger partial charge in [-0.15, -0.1) is 0 Å². The molecule has 0 fully saturated rings. The number of ether oxygens (including phenoxy) is 1. The third-order valence-electron chi connectivity index (χ3n) is 1.33. The van der Waals surface area contributed by atoms with Gasteiger partial charge in [0.1, 0.15) is 0 Å². The van der Waals surface area contributed by atoms with Gasteiger partial charge in [-0.05, 0) is 26.7 Å². The summed E-state index contributed by atoms with van der Waals surface area (Å²) >= 11 is 0. The normalized spacial score (nSPS) is 13.2. The molecule has 0 aromatic heterocycles. The maximum atomic E-state index is 7.11. The van der Waals surface area contributed by atoms with Crippen LogP contribution in [0.15, 0.2) is 0 Å². The van der Waals surface area contributed by atoms with Crippen LogP contribution in [0.3, 0.4) is 0 Å². The summed E-state index contributed by atoms with van der Waals surface area (Å²) in [5.41, 5.74) is 0.735. The summed E-state index contributed by atoms with van der Waals surface area (Å²) in [7, 11) is 1.70. The third-order valence-corrected chi connectivity index (χ3v) is 1.33. The molecule has 0 amide bonds. The lowest BCUT2D eigenvalue weighted by Gasteiger charge is -2.06. The third kappa shape index (κ3) is 5.50. The van der Waals surface area contributed by atoms with Crippen LogP contribution in [0.2, 0.25) is 0 Å². The van der Waals surface area contributed by atoms with Crippen LogP contribution < -0.4 is 0 Å². The molecule has 0 aliphatic carbocycles. The van der Waals surface area contributed by atoms with E-state index in [9.17, 15) is 0 Å². The Labute approximate surface area is 56.7 Å². The molecule has 1 atom stereocenters. The Morgan fingerprint density at radius 1 is 1.67 bits per heavy atom. The predicted octanol–water partition coefficient (Wildman–Crippen LogP) is 1.84. The van der Waals surface area contributed by atoms with Gasteiger partial charge in [0.15, 0.2) is 0 Å². The van der Waals surface area contributed by atoms with Crippen molar-refractivity contribution in [2.45, 2.75) is 32.8 Å². The maximum absolute atomic E-state index is 7.11. The van der Waals surface area contributed by atoms with E-state index in [1.54, 1.807) is 7.11 Å². The van der Waals surface area contributed by atoms with Crippen molar-refractivity contribution in [1.82, 2.24) is 0 Å². The van der Waals surface area contributed by atoms with E-state index in [-0.39, 0.29) is 0 Å². The molecule has 0 unspecified atom stereocenters. The van der Waals surface area contributed by atoms with Gasteiger partial charge >= 0.3 is 0 Å². The summed E-state index contributed by atoms with van der Waals surface area (Å²) < 4.78 is 5.00. The molecule has 0 aliphatic heterocycles. The van der Waals surface area contributed by atoms with Gasteiger partial charge in [0.25, 0.3) is 0 Å². The minimum atomic E-state index is 0.297. The van der Waals surface area contributed by atoms with E-state index in [1.807, 2.05) is 13.8 Å². The second-order valence-electron chi connectivity index (χ2n) is 2.37. The van der Waals surface area contributed by atoms with Crippen molar-refractivity contribution in [2.75, 3.05) is 7.11 Å². The Balaban J connectivity index is 3.16. The molecule has 0 radical (unpaired) electrons. The highest BCUT2D eigenvalue weighted by Gasteiger charge is 1.97. The summed E-state index contributed by atoms with van der Waals surface area (Å²) in [6, 6.07) is 0. The van der Waals surface area contributed by atoms with Gasteiger partial charge in [-0.2, -0.15) is 0 Å². The van der Waals surface area contributed by atoms with Crippen molar-refractivity contribution < 1.29 is 4.74 Å². The van der Waals surface area contributed by atoms with Crippen LogP contribution in [0.5, 0.6) is 0 Å². The summed E-state index contributed by atoms with van der Waals surface area (Å²) in [4.78, 5) is 0.